The van der Waals surface area contributed by atoms with Crippen LogP contribution in [0.2, 0.25) is 0 Å². The zero-order valence-corrected chi connectivity index (χ0v) is 14.9. The summed E-state index contributed by atoms with van der Waals surface area (Å²) in [6, 6.07) is 8.09. The lowest BCUT2D eigenvalue weighted by molar-refractivity contribution is -0.117. The van der Waals surface area contributed by atoms with E-state index < -0.39 is 0 Å². The van der Waals surface area contributed by atoms with E-state index in [-0.39, 0.29) is 11.9 Å². The van der Waals surface area contributed by atoms with Crippen molar-refractivity contribution in [1.82, 2.24) is 4.90 Å². The maximum atomic E-state index is 12.2. The smallest absolute Gasteiger partial charge is 0.224 e. The van der Waals surface area contributed by atoms with Crippen molar-refractivity contribution in [1.29, 1.82) is 0 Å². The third-order valence-corrected chi connectivity index (χ3v) is 4.62. The molecule has 0 radical (unpaired) electrons. The number of methoxy groups -OCH3 is 1. The number of carbonyl (C=O) groups is 1. The van der Waals surface area contributed by atoms with Crippen molar-refractivity contribution < 1.29 is 9.53 Å². The summed E-state index contributed by atoms with van der Waals surface area (Å²) in [6.45, 7) is 9.52. The van der Waals surface area contributed by atoms with Gasteiger partial charge in [-0.1, -0.05) is 19.9 Å². The molecule has 4 nitrogen and oxygen atoms in total. The van der Waals surface area contributed by atoms with E-state index in [1.54, 1.807) is 14.0 Å². The zero-order chi connectivity index (χ0) is 16.8. The summed E-state index contributed by atoms with van der Waals surface area (Å²) >= 11 is 0. The molecular formula is C19H30N2O2. The van der Waals surface area contributed by atoms with Crippen molar-refractivity contribution in [3.05, 3.63) is 24.3 Å². The lowest BCUT2D eigenvalue weighted by Gasteiger charge is -2.38. The second-order valence-corrected chi connectivity index (χ2v) is 6.85. The maximum absolute atomic E-state index is 12.2. The summed E-state index contributed by atoms with van der Waals surface area (Å²) in [5, 5.41) is 0. The van der Waals surface area contributed by atoms with Crippen LogP contribution in [-0.4, -0.2) is 43.6 Å². The van der Waals surface area contributed by atoms with E-state index in [1.165, 1.54) is 13.0 Å². The first kappa shape index (κ1) is 17.8. The number of hydrogen-bond acceptors (Lipinski definition) is 3. The number of nitrogens with zero attached hydrogens (tertiary/aromatic N) is 2. The standard InChI is InChI=1S/C19H30N2O2/c1-15(2)8-11-20-12-9-17(10-13-20)21(16(3)22)18-6-5-7-19(14-18)23-4/h5-7,14-15,17H,8-13H2,1-4H3. The van der Waals surface area contributed by atoms with Crippen molar-refractivity contribution >= 4 is 11.6 Å². The van der Waals surface area contributed by atoms with Crippen LogP contribution in [0.4, 0.5) is 5.69 Å². The molecule has 0 bridgehead atoms. The van der Waals surface area contributed by atoms with E-state index in [0.717, 1.165) is 43.3 Å². The average molecular weight is 318 g/mol. The summed E-state index contributed by atoms with van der Waals surface area (Å²) in [4.78, 5) is 16.7. The normalized spacial score (nSPS) is 16.6. The third-order valence-electron chi connectivity index (χ3n) is 4.62. The second-order valence-electron chi connectivity index (χ2n) is 6.85. The number of ether oxygens (including phenoxy) is 1. The number of anilines is 1. The highest BCUT2D eigenvalue weighted by Gasteiger charge is 2.27. The van der Waals surface area contributed by atoms with Gasteiger partial charge in [-0.3, -0.25) is 4.79 Å². The molecule has 4 heteroatoms. The van der Waals surface area contributed by atoms with E-state index in [1.807, 2.05) is 29.2 Å². The average Bonchev–Trinajstić information content (AvgIpc) is 2.54. The van der Waals surface area contributed by atoms with E-state index >= 15 is 0 Å². The Morgan fingerprint density at radius 2 is 2.04 bits per heavy atom. The Kier molecular flexibility index (Phi) is 6.46. The summed E-state index contributed by atoms with van der Waals surface area (Å²) in [6.07, 6.45) is 3.32. The van der Waals surface area contributed by atoms with Gasteiger partial charge in [0.2, 0.25) is 5.91 Å². The molecule has 1 aliphatic heterocycles. The van der Waals surface area contributed by atoms with Gasteiger partial charge in [0.15, 0.2) is 0 Å². The summed E-state index contributed by atoms with van der Waals surface area (Å²) in [5.74, 6) is 1.65. The monoisotopic (exact) mass is 318 g/mol. The minimum Gasteiger partial charge on any atom is -0.497 e. The molecular weight excluding hydrogens is 288 g/mol. The molecule has 1 fully saturated rings. The number of amides is 1. The SMILES string of the molecule is COc1cccc(N(C(C)=O)C2CCN(CCC(C)C)CC2)c1. The summed E-state index contributed by atoms with van der Waals surface area (Å²) in [5.41, 5.74) is 0.942. The fourth-order valence-corrected chi connectivity index (χ4v) is 3.25. The first-order valence-electron chi connectivity index (χ1n) is 8.67. The van der Waals surface area contributed by atoms with E-state index in [2.05, 4.69) is 18.7 Å². The molecule has 1 saturated heterocycles. The second kappa shape index (κ2) is 8.34. The number of benzene rings is 1. The first-order chi connectivity index (χ1) is 11.0. The van der Waals surface area contributed by atoms with Crippen LogP contribution < -0.4 is 9.64 Å². The van der Waals surface area contributed by atoms with Gasteiger partial charge < -0.3 is 14.5 Å². The van der Waals surface area contributed by atoms with Crippen molar-refractivity contribution in [3.8, 4) is 5.75 Å². The number of hydrogen-bond donors (Lipinski definition) is 0. The van der Waals surface area contributed by atoms with Gasteiger partial charge in [0.1, 0.15) is 5.75 Å². The molecule has 128 valence electrons. The van der Waals surface area contributed by atoms with Gasteiger partial charge in [-0.2, -0.15) is 0 Å². The van der Waals surface area contributed by atoms with E-state index in [4.69, 9.17) is 4.74 Å². The van der Waals surface area contributed by atoms with Crippen LogP contribution >= 0.6 is 0 Å². The topological polar surface area (TPSA) is 32.8 Å². The molecule has 1 aromatic carbocycles. The highest BCUT2D eigenvalue weighted by Crippen LogP contribution is 2.27. The van der Waals surface area contributed by atoms with Gasteiger partial charge in [0.25, 0.3) is 0 Å². The summed E-state index contributed by atoms with van der Waals surface area (Å²) in [7, 11) is 1.66. The molecule has 0 aliphatic carbocycles. The van der Waals surface area contributed by atoms with Gasteiger partial charge in [0, 0.05) is 37.8 Å². The largest absolute Gasteiger partial charge is 0.497 e. The number of carbonyl (C=O) groups excluding carboxylic acids is 1. The quantitative estimate of drug-likeness (QED) is 0.804. The molecule has 0 unspecified atom stereocenters. The van der Waals surface area contributed by atoms with Crippen molar-refractivity contribution in [3.63, 3.8) is 0 Å². The molecule has 23 heavy (non-hydrogen) atoms. The van der Waals surface area contributed by atoms with Gasteiger partial charge in [-0.25, -0.2) is 0 Å². The minimum absolute atomic E-state index is 0.110. The van der Waals surface area contributed by atoms with Gasteiger partial charge in [-0.15, -0.1) is 0 Å². The predicted molar refractivity (Wildman–Crippen MR) is 95.1 cm³/mol. The molecule has 0 atom stereocenters. The lowest BCUT2D eigenvalue weighted by Crippen LogP contribution is -2.47. The van der Waals surface area contributed by atoms with Crippen LogP contribution in [0.15, 0.2) is 24.3 Å². The number of likely N-dealkylation sites (tertiary alicyclic amines) is 1. The molecule has 1 heterocycles. The highest BCUT2D eigenvalue weighted by molar-refractivity contribution is 5.92. The Labute approximate surface area is 140 Å². The summed E-state index contributed by atoms with van der Waals surface area (Å²) < 4.78 is 5.30. The molecule has 0 N–H and O–H groups in total. The van der Waals surface area contributed by atoms with Crippen LogP contribution in [0.1, 0.15) is 40.0 Å². The molecule has 1 aliphatic rings. The fraction of sp³-hybridized carbons (Fsp3) is 0.632. The van der Waals surface area contributed by atoms with E-state index in [9.17, 15) is 4.79 Å². The van der Waals surface area contributed by atoms with Gasteiger partial charge in [-0.05, 0) is 43.9 Å². The number of rotatable bonds is 6. The van der Waals surface area contributed by atoms with Crippen molar-refractivity contribution in [2.45, 2.75) is 46.1 Å². The molecule has 0 saturated carbocycles. The van der Waals surface area contributed by atoms with Crippen molar-refractivity contribution in [2.24, 2.45) is 5.92 Å². The third kappa shape index (κ3) is 4.96. The van der Waals surface area contributed by atoms with Gasteiger partial charge in [0.05, 0.1) is 7.11 Å². The Morgan fingerprint density at radius 1 is 1.35 bits per heavy atom. The predicted octanol–water partition coefficient (Wildman–Crippen LogP) is 3.56. The first-order valence-corrected chi connectivity index (χ1v) is 8.67. The van der Waals surface area contributed by atoms with E-state index in [0.29, 0.717) is 0 Å². The Bertz CT molecular complexity index is 508. The molecule has 2 rings (SSSR count). The Balaban J connectivity index is 2.01. The molecule has 0 spiro atoms. The van der Waals surface area contributed by atoms with Crippen LogP contribution in [-0.2, 0) is 4.79 Å². The van der Waals surface area contributed by atoms with Crippen LogP contribution in [0.25, 0.3) is 0 Å². The molecule has 0 aromatic heterocycles. The van der Waals surface area contributed by atoms with Crippen molar-refractivity contribution in [2.75, 3.05) is 31.6 Å². The van der Waals surface area contributed by atoms with Crippen LogP contribution in [0.5, 0.6) is 5.75 Å². The highest BCUT2D eigenvalue weighted by atomic mass is 16.5. The van der Waals surface area contributed by atoms with Crippen LogP contribution in [0, 0.1) is 5.92 Å². The van der Waals surface area contributed by atoms with Gasteiger partial charge >= 0.3 is 0 Å². The Morgan fingerprint density at radius 3 is 2.61 bits per heavy atom. The fourth-order valence-electron chi connectivity index (χ4n) is 3.25. The molecule has 1 amide bonds. The Hall–Kier alpha value is -1.55. The minimum atomic E-state index is 0.110. The molecule has 1 aromatic rings. The zero-order valence-electron chi connectivity index (χ0n) is 14.9. The maximum Gasteiger partial charge on any atom is 0.224 e. The van der Waals surface area contributed by atoms with Crippen LogP contribution in [0.3, 0.4) is 0 Å². The number of piperidine rings is 1. The lowest BCUT2D eigenvalue weighted by atomic mass is 10.0.